The number of thiazole rings is 1. The van der Waals surface area contributed by atoms with Gasteiger partial charge in [-0.25, -0.2) is 4.98 Å². The average molecular weight is 394 g/mol. The third kappa shape index (κ3) is 4.37. The van der Waals surface area contributed by atoms with Gasteiger partial charge in [-0.1, -0.05) is 37.3 Å². The summed E-state index contributed by atoms with van der Waals surface area (Å²) in [5.74, 6) is 0.918. The molecule has 5 heteroatoms. The lowest BCUT2D eigenvalue weighted by atomic mass is 10.1. The Morgan fingerprint density at radius 2 is 1.82 bits per heavy atom. The summed E-state index contributed by atoms with van der Waals surface area (Å²) in [6, 6.07) is 17.1. The second-order valence-electron chi connectivity index (χ2n) is 7.16. The molecule has 0 unspecified atom stereocenters. The number of methoxy groups -OCH3 is 1. The van der Waals surface area contributed by atoms with Crippen molar-refractivity contribution >= 4 is 17.0 Å². The molecule has 0 N–H and O–H groups in total. The first-order valence-electron chi connectivity index (χ1n) is 9.90. The van der Waals surface area contributed by atoms with Gasteiger partial charge in [-0.15, -0.1) is 11.3 Å². The average Bonchev–Trinajstić information content (AvgIpc) is 3.23. The minimum absolute atomic E-state index is 0.918. The van der Waals surface area contributed by atoms with E-state index in [1.165, 1.54) is 22.5 Å². The highest BCUT2D eigenvalue weighted by Gasteiger charge is 2.18. The lowest BCUT2D eigenvalue weighted by molar-refractivity contribution is 0.247. The molecule has 4 rings (SSSR count). The van der Waals surface area contributed by atoms with Crippen molar-refractivity contribution in [2.75, 3.05) is 38.2 Å². The molecule has 0 amide bonds. The fraction of sp³-hybridized carbons (Fsp3) is 0.348. The van der Waals surface area contributed by atoms with Gasteiger partial charge >= 0.3 is 0 Å². The number of aromatic nitrogens is 1. The molecule has 0 spiro atoms. The predicted octanol–water partition coefficient (Wildman–Crippen LogP) is 4.70. The molecule has 1 fully saturated rings. The Morgan fingerprint density at radius 3 is 2.54 bits per heavy atom. The van der Waals surface area contributed by atoms with Crippen LogP contribution in [0.5, 0.6) is 5.75 Å². The Labute approximate surface area is 171 Å². The van der Waals surface area contributed by atoms with Gasteiger partial charge in [0.2, 0.25) is 0 Å². The molecule has 4 nitrogen and oxygen atoms in total. The maximum Gasteiger partial charge on any atom is 0.123 e. The zero-order chi connectivity index (χ0) is 19.3. The number of benzene rings is 2. The third-order valence-electron chi connectivity index (χ3n) is 5.34. The van der Waals surface area contributed by atoms with Crippen molar-refractivity contribution in [1.29, 1.82) is 0 Å². The molecule has 1 aromatic heterocycles. The molecule has 1 aliphatic rings. The number of ether oxygens (including phenoxy) is 1. The van der Waals surface area contributed by atoms with Crippen molar-refractivity contribution in [3.05, 3.63) is 65.2 Å². The Morgan fingerprint density at radius 1 is 1.04 bits per heavy atom. The SMILES string of the molecule is CCc1ccc(-c2nc(CN3CCN(c4cccc(OC)c4)CC3)cs2)cc1. The molecule has 1 saturated heterocycles. The number of aryl methyl sites for hydroxylation is 1. The molecule has 0 aliphatic carbocycles. The topological polar surface area (TPSA) is 28.6 Å². The molecule has 0 radical (unpaired) electrons. The highest BCUT2D eigenvalue weighted by Crippen LogP contribution is 2.26. The van der Waals surface area contributed by atoms with Crippen LogP contribution < -0.4 is 9.64 Å². The Kier molecular flexibility index (Phi) is 5.93. The molecule has 0 saturated carbocycles. The van der Waals surface area contributed by atoms with Gasteiger partial charge in [0, 0.05) is 55.4 Å². The van der Waals surface area contributed by atoms with Gasteiger partial charge in [0.25, 0.3) is 0 Å². The van der Waals surface area contributed by atoms with E-state index in [1.54, 1.807) is 18.4 Å². The Hall–Kier alpha value is -2.37. The summed E-state index contributed by atoms with van der Waals surface area (Å²) in [6.07, 6.45) is 1.07. The van der Waals surface area contributed by atoms with Crippen LogP contribution in [0.1, 0.15) is 18.2 Å². The first-order chi connectivity index (χ1) is 13.7. The van der Waals surface area contributed by atoms with Gasteiger partial charge in [-0.3, -0.25) is 4.90 Å². The van der Waals surface area contributed by atoms with Crippen molar-refractivity contribution in [3.63, 3.8) is 0 Å². The van der Waals surface area contributed by atoms with Crippen LogP contribution in [0.25, 0.3) is 10.6 Å². The number of anilines is 1. The van der Waals surface area contributed by atoms with Gasteiger partial charge < -0.3 is 9.64 Å². The first-order valence-corrected chi connectivity index (χ1v) is 10.8. The molecule has 0 atom stereocenters. The highest BCUT2D eigenvalue weighted by molar-refractivity contribution is 7.13. The molecule has 2 heterocycles. The molecule has 28 heavy (non-hydrogen) atoms. The van der Waals surface area contributed by atoms with Crippen LogP contribution >= 0.6 is 11.3 Å². The number of nitrogens with zero attached hydrogens (tertiary/aromatic N) is 3. The minimum Gasteiger partial charge on any atom is -0.497 e. The number of hydrogen-bond donors (Lipinski definition) is 0. The molecule has 3 aromatic rings. The van der Waals surface area contributed by atoms with Crippen molar-refractivity contribution < 1.29 is 4.74 Å². The van der Waals surface area contributed by atoms with Crippen LogP contribution in [-0.2, 0) is 13.0 Å². The van der Waals surface area contributed by atoms with Crippen LogP contribution in [-0.4, -0.2) is 43.2 Å². The lowest BCUT2D eigenvalue weighted by Crippen LogP contribution is -2.46. The highest BCUT2D eigenvalue weighted by atomic mass is 32.1. The van der Waals surface area contributed by atoms with Gasteiger partial charge in [-0.2, -0.15) is 0 Å². The summed E-state index contributed by atoms with van der Waals surface area (Å²) in [4.78, 5) is 9.80. The minimum atomic E-state index is 0.918. The van der Waals surface area contributed by atoms with E-state index in [0.717, 1.165) is 49.9 Å². The monoisotopic (exact) mass is 393 g/mol. The molecular weight excluding hydrogens is 366 g/mol. The normalized spacial score (nSPS) is 15.0. The van der Waals surface area contributed by atoms with Crippen LogP contribution in [0, 0.1) is 0 Å². The summed E-state index contributed by atoms with van der Waals surface area (Å²) >= 11 is 1.74. The van der Waals surface area contributed by atoms with E-state index >= 15 is 0 Å². The first kappa shape index (κ1) is 19.0. The van der Waals surface area contributed by atoms with Gasteiger partial charge in [-0.05, 0) is 24.1 Å². The van der Waals surface area contributed by atoms with Crippen LogP contribution in [0.15, 0.2) is 53.9 Å². The maximum absolute atomic E-state index is 5.35. The summed E-state index contributed by atoms with van der Waals surface area (Å²) in [5.41, 5.74) is 5.01. The fourth-order valence-corrected chi connectivity index (χ4v) is 4.41. The Bertz CT molecular complexity index is 898. The van der Waals surface area contributed by atoms with E-state index in [2.05, 4.69) is 64.6 Å². The predicted molar refractivity (Wildman–Crippen MR) is 117 cm³/mol. The molecule has 1 aliphatic heterocycles. The summed E-state index contributed by atoms with van der Waals surface area (Å²) in [6.45, 7) is 7.27. The second kappa shape index (κ2) is 8.76. The van der Waals surface area contributed by atoms with Crippen molar-refractivity contribution in [2.45, 2.75) is 19.9 Å². The second-order valence-corrected chi connectivity index (χ2v) is 8.02. The van der Waals surface area contributed by atoms with Crippen molar-refractivity contribution in [1.82, 2.24) is 9.88 Å². The third-order valence-corrected chi connectivity index (χ3v) is 6.28. The van der Waals surface area contributed by atoms with Crippen LogP contribution in [0.3, 0.4) is 0 Å². The van der Waals surface area contributed by atoms with Gasteiger partial charge in [0.15, 0.2) is 0 Å². The zero-order valence-electron chi connectivity index (χ0n) is 16.6. The lowest BCUT2D eigenvalue weighted by Gasteiger charge is -2.35. The van der Waals surface area contributed by atoms with Crippen molar-refractivity contribution in [3.8, 4) is 16.3 Å². The van der Waals surface area contributed by atoms with E-state index in [0.29, 0.717) is 0 Å². The Balaban J connectivity index is 1.34. The standard InChI is InChI=1S/C23H27N3OS/c1-3-18-7-9-19(10-8-18)23-24-20(17-28-23)16-25-11-13-26(14-12-25)21-5-4-6-22(15-21)27-2/h4-10,15,17H,3,11-14,16H2,1-2H3. The smallest absolute Gasteiger partial charge is 0.123 e. The molecular formula is C23H27N3OS. The van der Waals surface area contributed by atoms with Crippen LogP contribution in [0.4, 0.5) is 5.69 Å². The van der Waals surface area contributed by atoms with E-state index in [9.17, 15) is 0 Å². The van der Waals surface area contributed by atoms with E-state index in [1.807, 2.05) is 6.07 Å². The summed E-state index contributed by atoms with van der Waals surface area (Å²) < 4.78 is 5.35. The van der Waals surface area contributed by atoms with E-state index in [-0.39, 0.29) is 0 Å². The van der Waals surface area contributed by atoms with Gasteiger partial charge in [0.1, 0.15) is 10.8 Å². The molecule has 0 bridgehead atoms. The van der Waals surface area contributed by atoms with Gasteiger partial charge in [0.05, 0.1) is 12.8 Å². The fourth-order valence-electron chi connectivity index (χ4n) is 3.60. The van der Waals surface area contributed by atoms with E-state index in [4.69, 9.17) is 9.72 Å². The summed E-state index contributed by atoms with van der Waals surface area (Å²) in [5, 5.41) is 3.32. The number of hydrogen-bond acceptors (Lipinski definition) is 5. The maximum atomic E-state index is 5.35. The summed E-state index contributed by atoms with van der Waals surface area (Å²) in [7, 11) is 1.72. The zero-order valence-corrected chi connectivity index (χ0v) is 17.4. The molecule has 146 valence electrons. The molecule has 2 aromatic carbocycles. The van der Waals surface area contributed by atoms with Crippen molar-refractivity contribution in [2.24, 2.45) is 0 Å². The number of rotatable bonds is 6. The largest absolute Gasteiger partial charge is 0.497 e. The van der Waals surface area contributed by atoms with Crippen LogP contribution in [0.2, 0.25) is 0 Å². The quantitative estimate of drug-likeness (QED) is 0.607. The number of piperazine rings is 1. The van der Waals surface area contributed by atoms with E-state index < -0.39 is 0 Å².